The van der Waals surface area contributed by atoms with Gasteiger partial charge in [0.15, 0.2) is 5.79 Å². The molecule has 0 aromatic heterocycles. The Bertz CT molecular complexity index is 2340. The maximum Gasteiger partial charge on any atom is 0.509 e. The van der Waals surface area contributed by atoms with Crippen molar-refractivity contribution in [3.8, 4) is 0 Å². The van der Waals surface area contributed by atoms with Crippen LogP contribution in [0.15, 0.2) is 0 Å². The van der Waals surface area contributed by atoms with Gasteiger partial charge in [-0.2, -0.15) is 16.8 Å². The minimum Gasteiger partial charge on any atom is -0.466 e. The molecule has 11 aliphatic rings. The molecule has 5 saturated carbocycles. The van der Waals surface area contributed by atoms with Crippen LogP contribution in [-0.4, -0.2) is 139 Å². The maximum atomic E-state index is 12.1. The highest BCUT2D eigenvalue weighted by Crippen LogP contribution is 2.54. The van der Waals surface area contributed by atoms with Gasteiger partial charge in [-0.25, -0.2) is 4.79 Å². The van der Waals surface area contributed by atoms with Gasteiger partial charge in [-0.05, 0) is 198 Å². The van der Waals surface area contributed by atoms with Crippen molar-refractivity contribution in [2.45, 2.75) is 312 Å². The molecule has 11 atom stereocenters. The molecule has 5 aliphatic carbocycles. The highest BCUT2D eigenvalue weighted by Gasteiger charge is 2.61. The number of ether oxygens (including phenoxy) is 9. The predicted octanol–water partition coefficient (Wildman–Crippen LogP) is 14.7. The molecule has 0 amide bonds. The first-order valence-corrected chi connectivity index (χ1v) is 36.9. The summed E-state index contributed by atoms with van der Waals surface area (Å²) in [6.07, 6.45) is 11.5. The fraction of sp³-hybridized carbons (Fsp3) is 0.913. The summed E-state index contributed by atoms with van der Waals surface area (Å²) in [6.45, 7) is 45.9. The SMILES string of the molecule is C.C.CC.CC.CC.CCC(C)(C)C(=O)OCC1OC(=O)OC2C1CC1OC(C)(C)OC12.CCOC(=O)C(C)(C)CC.CCOC(=O)C(C)(C)CC.CCOC(=O)C(C)(C)CC.O=C1OC2CC3CC(C2)CC1C3.O=S1(=O)CCCO1.O=S1(=O)OC2CC3CC2C1C3. The third-order valence-electron chi connectivity index (χ3n) is 18.2. The summed E-state index contributed by atoms with van der Waals surface area (Å²) in [5.41, 5.74) is -1.49. The number of carbonyl (C=O) groups excluding carboxylic acids is 6. The average Bonchev–Trinajstić information content (AvgIpc) is 1.59. The first-order chi connectivity index (χ1) is 41.9. The Hall–Kier alpha value is -3.64. The molecule has 92 heavy (non-hydrogen) atoms. The topological polar surface area (TPSA) is 272 Å². The van der Waals surface area contributed by atoms with E-state index in [1.165, 1.54) is 6.42 Å². The number of carbonyl (C=O) groups is 6. The van der Waals surface area contributed by atoms with Gasteiger partial charge in [0.05, 0.1) is 77.2 Å². The van der Waals surface area contributed by atoms with Crippen LogP contribution in [0.1, 0.15) is 264 Å². The highest BCUT2D eigenvalue weighted by molar-refractivity contribution is 7.87. The summed E-state index contributed by atoms with van der Waals surface area (Å²) in [7, 11) is -6.18. The van der Waals surface area contributed by atoms with E-state index >= 15 is 0 Å². The Labute approximate surface area is 557 Å². The number of rotatable bonds is 13. The standard InChI is InChI=1S/C17H26O7.C10H14O2.3C8H16O2.C7H10O3S.C3H6O3S.3C2H6.2CH4/c1-6-16(2,3)14(18)20-8-11-9-7-10-13(24-17(4,5)23-10)12(9)22-15(19)21-11;11-10-8-2-6-1-7(3-8)5-9(4-6)12-10;3*1-5-8(3,4)7(9)10-6-2;8-11(9)7-3-4-1-5(7)6(2-4)10-11;4-7(5)3-1-2-6-7;3*1-2;;/h9-13H,6-8H2,1-5H3;6-9H,1-5H2;3*5-6H2,1-4H3;4-7H,1-3H2;1-3H2;3*1-2H3;2*1H4. The van der Waals surface area contributed by atoms with E-state index in [0.29, 0.717) is 57.5 Å². The molecule has 6 bridgehead atoms. The van der Waals surface area contributed by atoms with Crippen molar-refractivity contribution >= 4 is 56.2 Å². The Kier molecular flexibility index (Phi) is 40.1. The summed E-state index contributed by atoms with van der Waals surface area (Å²) >= 11 is 0. The van der Waals surface area contributed by atoms with E-state index in [0.717, 1.165) is 76.0 Å². The second-order valence-corrected chi connectivity index (χ2v) is 30.3. The Morgan fingerprint density at radius 2 is 0.946 bits per heavy atom. The van der Waals surface area contributed by atoms with Gasteiger partial charge in [-0.3, -0.25) is 32.3 Å². The van der Waals surface area contributed by atoms with Crippen molar-refractivity contribution in [2.24, 2.45) is 57.2 Å². The van der Waals surface area contributed by atoms with E-state index in [-0.39, 0.29) is 115 Å². The molecular weight excluding hydrogens is 1230 g/mol. The van der Waals surface area contributed by atoms with Crippen LogP contribution in [0.5, 0.6) is 0 Å². The number of cyclic esters (lactones) is 1. The van der Waals surface area contributed by atoms with Crippen LogP contribution in [0.3, 0.4) is 0 Å². The van der Waals surface area contributed by atoms with E-state index in [2.05, 4.69) is 4.18 Å². The van der Waals surface area contributed by atoms with Gasteiger partial charge in [-0.1, -0.05) is 84.1 Å². The summed E-state index contributed by atoms with van der Waals surface area (Å²) in [6, 6.07) is 0. The normalized spacial score (nSPS) is 29.1. The zero-order valence-corrected chi connectivity index (χ0v) is 61.2. The van der Waals surface area contributed by atoms with E-state index in [9.17, 15) is 45.6 Å². The van der Waals surface area contributed by atoms with Gasteiger partial charge < -0.3 is 42.6 Å². The van der Waals surface area contributed by atoms with Gasteiger partial charge in [0.25, 0.3) is 20.2 Å². The molecule has 544 valence electrons. The molecule has 0 radical (unpaired) electrons. The molecule has 0 spiro atoms. The predicted molar refractivity (Wildman–Crippen MR) is 358 cm³/mol. The molecule has 0 aromatic rings. The van der Waals surface area contributed by atoms with Gasteiger partial charge >= 0.3 is 36.0 Å². The number of hydrogen-bond donors (Lipinski definition) is 0. The lowest BCUT2D eigenvalue weighted by atomic mass is 9.68. The second kappa shape index (κ2) is 40.8. The minimum absolute atomic E-state index is 0. The van der Waals surface area contributed by atoms with E-state index in [1.54, 1.807) is 0 Å². The summed E-state index contributed by atoms with van der Waals surface area (Å²) in [5.74, 6) is 1.79. The maximum absolute atomic E-state index is 12.1. The van der Waals surface area contributed by atoms with Crippen molar-refractivity contribution in [2.75, 3.05) is 38.8 Å². The smallest absolute Gasteiger partial charge is 0.466 e. The first-order valence-electron chi connectivity index (χ1n) is 33.9. The fourth-order valence-electron chi connectivity index (χ4n) is 11.6. The van der Waals surface area contributed by atoms with Gasteiger partial charge in [0, 0.05) is 11.8 Å². The molecule has 11 unspecified atom stereocenters. The molecule has 6 heterocycles. The summed E-state index contributed by atoms with van der Waals surface area (Å²) in [4.78, 5) is 68.6. The largest absolute Gasteiger partial charge is 0.509 e. The van der Waals surface area contributed by atoms with Crippen LogP contribution < -0.4 is 0 Å². The van der Waals surface area contributed by atoms with E-state index < -0.39 is 49.8 Å². The van der Waals surface area contributed by atoms with Crippen LogP contribution in [0.25, 0.3) is 0 Å². The number of hydrogen-bond acceptors (Lipinski definition) is 21. The van der Waals surface area contributed by atoms with Crippen molar-refractivity contribution in [3.05, 3.63) is 0 Å². The van der Waals surface area contributed by atoms with Gasteiger partial charge in [0.1, 0.15) is 31.0 Å². The van der Waals surface area contributed by atoms with Gasteiger partial charge in [-0.15, -0.1) is 0 Å². The van der Waals surface area contributed by atoms with Crippen molar-refractivity contribution in [3.63, 3.8) is 0 Å². The average molecular weight is 1360 g/mol. The molecule has 6 aliphatic heterocycles. The molecule has 21 nitrogen and oxygen atoms in total. The Morgan fingerprint density at radius 1 is 0.511 bits per heavy atom. The quantitative estimate of drug-likeness (QED) is 0.0941. The number of esters is 5. The van der Waals surface area contributed by atoms with Crippen molar-refractivity contribution in [1.82, 2.24) is 0 Å². The lowest BCUT2D eigenvalue weighted by Crippen LogP contribution is -2.48. The Balaban J connectivity index is 0. The van der Waals surface area contributed by atoms with Crippen molar-refractivity contribution in [1.29, 1.82) is 0 Å². The first kappa shape index (κ1) is 90.4. The number of fused-ring (bicyclic) bond motifs is 5. The summed E-state index contributed by atoms with van der Waals surface area (Å²) in [5, 5.41) is -0.133. The molecule has 0 aromatic carbocycles. The third-order valence-corrected chi connectivity index (χ3v) is 21.3. The Morgan fingerprint density at radius 3 is 1.30 bits per heavy atom. The second-order valence-electron chi connectivity index (χ2n) is 26.7. The molecule has 23 heteroatoms. The van der Waals surface area contributed by atoms with Crippen molar-refractivity contribution < 1.29 is 96.6 Å². The zero-order chi connectivity index (χ0) is 69.4. The van der Waals surface area contributed by atoms with E-state index in [4.69, 9.17) is 46.8 Å². The van der Waals surface area contributed by atoms with Crippen LogP contribution in [-0.2, 0) is 95.2 Å². The molecule has 11 fully saturated rings. The fourth-order valence-corrected chi connectivity index (χ4v) is 14.5. The monoisotopic (exact) mass is 1360 g/mol. The summed E-state index contributed by atoms with van der Waals surface area (Å²) < 4.78 is 100.0. The molecule has 11 rings (SSSR count). The molecular formula is C69H130O21S2. The van der Waals surface area contributed by atoms with Crippen LogP contribution in [0, 0.1) is 57.2 Å². The lowest BCUT2D eigenvalue weighted by Gasteiger charge is -2.35. The van der Waals surface area contributed by atoms with Crippen LogP contribution in [0.2, 0.25) is 0 Å². The van der Waals surface area contributed by atoms with E-state index in [1.807, 2.05) is 159 Å². The lowest BCUT2D eigenvalue weighted by molar-refractivity contribution is -0.193. The zero-order valence-electron chi connectivity index (χ0n) is 59.5. The highest BCUT2D eigenvalue weighted by atomic mass is 32.2. The molecule has 0 N–H and O–H groups in total. The van der Waals surface area contributed by atoms with Crippen LogP contribution in [0.4, 0.5) is 4.79 Å². The van der Waals surface area contributed by atoms with Gasteiger partial charge in [0.2, 0.25) is 0 Å². The third kappa shape index (κ3) is 27.1. The van der Waals surface area contributed by atoms with Crippen LogP contribution >= 0.6 is 0 Å². The minimum atomic E-state index is -3.13. The molecule has 6 saturated heterocycles.